The highest BCUT2D eigenvalue weighted by molar-refractivity contribution is 9.10. The van der Waals surface area contributed by atoms with Crippen LogP contribution in [-0.4, -0.2) is 29.6 Å². The van der Waals surface area contributed by atoms with Gasteiger partial charge in [-0.3, -0.25) is 4.79 Å². The number of rotatable bonds is 5. The largest absolute Gasteiger partial charge is 0.504 e. The third-order valence-electron chi connectivity index (χ3n) is 3.01. The highest BCUT2D eigenvalue weighted by atomic mass is 79.9. The molecule has 4 nitrogen and oxygen atoms in total. The molecule has 0 heterocycles. The van der Waals surface area contributed by atoms with Gasteiger partial charge in [0.25, 0.3) is 5.91 Å². The van der Waals surface area contributed by atoms with E-state index in [1.54, 1.807) is 30.1 Å². The molecule has 2 aromatic carbocycles. The number of amides is 1. The van der Waals surface area contributed by atoms with Gasteiger partial charge in [-0.05, 0) is 23.8 Å². The van der Waals surface area contributed by atoms with Gasteiger partial charge >= 0.3 is 0 Å². The van der Waals surface area contributed by atoms with Crippen LogP contribution in [0.25, 0.3) is 0 Å². The molecule has 0 saturated carbocycles. The van der Waals surface area contributed by atoms with Crippen LogP contribution in [0.2, 0.25) is 0 Å². The zero-order valence-corrected chi connectivity index (χ0v) is 13.2. The number of nitrogens with zero attached hydrogens (tertiary/aromatic N) is 1. The van der Waals surface area contributed by atoms with Crippen molar-refractivity contribution in [3.05, 3.63) is 58.6 Å². The number of likely N-dealkylation sites (N-methyl/N-ethyl adjacent to an activating group) is 1. The van der Waals surface area contributed by atoms with E-state index in [-0.39, 0.29) is 18.3 Å². The first-order valence-corrected chi connectivity index (χ1v) is 7.25. The van der Waals surface area contributed by atoms with Gasteiger partial charge in [0.05, 0.1) is 0 Å². The van der Waals surface area contributed by atoms with Gasteiger partial charge in [0.2, 0.25) is 0 Å². The van der Waals surface area contributed by atoms with Gasteiger partial charge in [-0.1, -0.05) is 46.3 Å². The Morgan fingerprint density at radius 2 is 1.86 bits per heavy atom. The minimum absolute atomic E-state index is 0.0266. The predicted octanol–water partition coefficient (Wildman–Crippen LogP) is 3.19. The Bertz CT molecular complexity index is 630. The number of ether oxygens (including phenoxy) is 1. The van der Waals surface area contributed by atoms with Gasteiger partial charge in [-0.25, -0.2) is 0 Å². The van der Waals surface area contributed by atoms with Crippen LogP contribution in [0.5, 0.6) is 11.5 Å². The molecule has 2 rings (SSSR count). The molecule has 0 bridgehead atoms. The Balaban J connectivity index is 1.91. The number of hydrogen-bond acceptors (Lipinski definition) is 3. The normalized spacial score (nSPS) is 10.2. The van der Waals surface area contributed by atoms with E-state index in [1.807, 2.05) is 24.3 Å². The van der Waals surface area contributed by atoms with Crippen LogP contribution in [0, 0.1) is 0 Å². The fourth-order valence-corrected chi connectivity index (χ4v) is 2.21. The van der Waals surface area contributed by atoms with Crippen LogP contribution in [0.3, 0.4) is 0 Å². The van der Waals surface area contributed by atoms with Crippen LogP contribution < -0.4 is 4.74 Å². The molecule has 0 aromatic heterocycles. The number of para-hydroxylation sites is 2. The summed E-state index contributed by atoms with van der Waals surface area (Å²) in [6, 6.07) is 14.3. The van der Waals surface area contributed by atoms with Crippen molar-refractivity contribution in [2.45, 2.75) is 6.54 Å². The number of phenolic OH excluding ortho intramolecular Hbond substituents is 1. The number of hydrogen-bond donors (Lipinski definition) is 1. The summed E-state index contributed by atoms with van der Waals surface area (Å²) < 4.78 is 6.30. The highest BCUT2D eigenvalue weighted by Crippen LogP contribution is 2.24. The monoisotopic (exact) mass is 349 g/mol. The summed E-state index contributed by atoms with van der Waals surface area (Å²) in [5.74, 6) is 0.174. The van der Waals surface area contributed by atoms with E-state index in [2.05, 4.69) is 15.9 Å². The van der Waals surface area contributed by atoms with Crippen molar-refractivity contribution < 1.29 is 14.6 Å². The maximum atomic E-state index is 12.0. The topological polar surface area (TPSA) is 49.8 Å². The Labute approximate surface area is 132 Å². The number of carbonyl (C=O) groups excluding carboxylic acids is 1. The molecule has 2 aromatic rings. The summed E-state index contributed by atoms with van der Waals surface area (Å²) in [4.78, 5) is 13.6. The molecule has 21 heavy (non-hydrogen) atoms. The molecular weight excluding hydrogens is 334 g/mol. The van der Waals surface area contributed by atoms with Crippen LogP contribution in [-0.2, 0) is 11.3 Å². The lowest BCUT2D eigenvalue weighted by Gasteiger charge is -2.18. The summed E-state index contributed by atoms with van der Waals surface area (Å²) >= 11 is 3.46. The zero-order chi connectivity index (χ0) is 15.2. The van der Waals surface area contributed by atoms with Crippen LogP contribution in [0.4, 0.5) is 0 Å². The van der Waals surface area contributed by atoms with Gasteiger partial charge < -0.3 is 14.7 Å². The molecule has 1 amide bonds. The van der Waals surface area contributed by atoms with Crippen molar-refractivity contribution in [2.24, 2.45) is 0 Å². The summed E-state index contributed by atoms with van der Waals surface area (Å²) in [5, 5.41) is 9.58. The standard InChI is InChI=1S/C16H16BrNO3/c1-18(10-12-6-2-3-7-13(12)17)16(20)11-21-15-9-5-4-8-14(15)19/h2-9,19H,10-11H2,1H3. The zero-order valence-electron chi connectivity index (χ0n) is 11.6. The second-order valence-electron chi connectivity index (χ2n) is 4.60. The van der Waals surface area contributed by atoms with Gasteiger partial charge in [0, 0.05) is 18.1 Å². The third kappa shape index (κ3) is 4.23. The van der Waals surface area contributed by atoms with Crippen molar-refractivity contribution >= 4 is 21.8 Å². The average Bonchev–Trinajstić information content (AvgIpc) is 2.48. The van der Waals surface area contributed by atoms with Crippen molar-refractivity contribution in [3.63, 3.8) is 0 Å². The molecule has 0 atom stereocenters. The first-order chi connectivity index (χ1) is 10.1. The number of halogens is 1. The SMILES string of the molecule is CN(Cc1ccccc1Br)C(=O)COc1ccccc1O. The molecule has 0 saturated heterocycles. The first-order valence-electron chi connectivity index (χ1n) is 6.46. The fourth-order valence-electron chi connectivity index (χ4n) is 1.80. The van der Waals surface area contributed by atoms with E-state index < -0.39 is 0 Å². The van der Waals surface area contributed by atoms with Gasteiger partial charge in [0.15, 0.2) is 18.1 Å². The van der Waals surface area contributed by atoms with Crippen molar-refractivity contribution in [1.29, 1.82) is 0 Å². The molecular formula is C16H16BrNO3. The molecule has 110 valence electrons. The highest BCUT2D eigenvalue weighted by Gasteiger charge is 2.12. The van der Waals surface area contributed by atoms with Crippen LogP contribution in [0.1, 0.15) is 5.56 Å². The summed E-state index contributed by atoms with van der Waals surface area (Å²) in [5.41, 5.74) is 1.02. The molecule has 5 heteroatoms. The van der Waals surface area contributed by atoms with Crippen molar-refractivity contribution in [1.82, 2.24) is 4.90 Å². The molecule has 0 aliphatic carbocycles. The fraction of sp³-hybridized carbons (Fsp3) is 0.188. The maximum Gasteiger partial charge on any atom is 0.260 e. The molecule has 0 fully saturated rings. The lowest BCUT2D eigenvalue weighted by Crippen LogP contribution is -2.31. The minimum atomic E-state index is -0.158. The number of carbonyl (C=O) groups is 1. The number of phenols is 1. The summed E-state index contributed by atoms with van der Waals surface area (Å²) in [7, 11) is 1.72. The molecule has 0 radical (unpaired) electrons. The number of benzene rings is 2. The van der Waals surface area contributed by atoms with Crippen LogP contribution >= 0.6 is 15.9 Å². The molecule has 0 unspecified atom stereocenters. The Hall–Kier alpha value is -2.01. The van der Waals surface area contributed by atoms with Crippen LogP contribution in [0.15, 0.2) is 53.0 Å². The Morgan fingerprint density at radius 3 is 2.57 bits per heavy atom. The van der Waals surface area contributed by atoms with E-state index in [1.165, 1.54) is 6.07 Å². The predicted molar refractivity (Wildman–Crippen MR) is 84.2 cm³/mol. The van der Waals surface area contributed by atoms with E-state index in [4.69, 9.17) is 4.74 Å². The molecule has 0 aliphatic rings. The maximum absolute atomic E-state index is 12.0. The summed E-state index contributed by atoms with van der Waals surface area (Å²) in [6.45, 7) is 0.378. The Morgan fingerprint density at radius 1 is 1.19 bits per heavy atom. The van der Waals surface area contributed by atoms with Gasteiger partial charge in [-0.15, -0.1) is 0 Å². The van der Waals surface area contributed by atoms with E-state index in [0.717, 1.165) is 10.0 Å². The minimum Gasteiger partial charge on any atom is -0.504 e. The lowest BCUT2D eigenvalue weighted by atomic mass is 10.2. The van der Waals surface area contributed by atoms with E-state index in [9.17, 15) is 9.90 Å². The van der Waals surface area contributed by atoms with E-state index in [0.29, 0.717) is 12.3 Å². The third-order valence-corrected chi connectivity index (χ3v) is 3.78. The average molecular weight is 350 g/mol. The molecule has 0 spiro atoms. The Kier molecular flexibility index (Phi) is 5.22. The molecule has 0 aliphatic heterocycles. The lowest BCUT2D eigenvalue weighted by molar-refractivity contribution is -0.132. The number of aromatic hydroxyl groups is 1. The first kappa shape index (κ1) is 15.4. The van der Waals surface area contributed by atoms with E-state index >= 15 is 0 Å². The smallest absolute Gasteiger partial charge is 0.260 e. The quantitative estimate of drug-likeness (QED) is 0.901. The van der Waals surface area contributed by atoms with Crippen molar-refractivity contribution in [2.75, 3.05) is 13.7 Å². The van der Waals surface area contributed by atoms with Gasteiger partial charge in [0.1, 0.15) is 0 Å². The molecule has 1 N–H and O–H groups in total. The second kappa shape index (κ2) is 7.13. The summed E-state index contributed by atoms with van der Waals surface area (Å²) in [6.07, 6.45) is 0. The second-order valence-corrected chi connectivity index (χ2v) is 5.45. The van der Waals surface area contributed by atoms with Gasteiger partial charge in [-0.2, -0.15) is 0 Å². The van der Waals surface area contributed by atoms with Crippen molar-refractivity contribution in [3.8, 4) is 11.5 Å².